The zero-order chi connectivity index (χ0) is 29.8. The monoisotopic (exact) mass is 568 g/mol. The van der Waals surface area contributed by atoms with Crippen molar-refractivity contribution in [3.8, 4) is 0 Å². The molecule has 5 atom stereocenters. The maximum Gasteiger partial charge on any atom is 0.203 e. The van der Waals surface area contributed by atoms with Crippen molar-refractivity contribution in [1.29, 1.82) is 0 Å². The minimum Gasteiger partial charge on any atom is -0.352 e. The average Bonchev–Trinajstić information content (AvgIpc) is 3.31. The lowest BCUT2D eigenvalue weighted by Crippen LogP contribution is -2.38. The normalized spacial score (nSPS) is 23.8. The number of benzene rings is 4. The molecule has 2 aliphatic rings. The second-order valence-electron chi connectivity index (χ2n) is 12.1. The number of unbranched alkanes of at least 4 members (excludes halogenated alkanes) is 1. The van der Waals surface area contributed by atoms with Crippen LogP contribution >= 0.6 is 0 Å². The topological polar surface area (TPSA) is 22.1 Å². The van der Waals surface area contributed by atoms with Crippen LogP contribution in [-0.4, -0.2) is 41.8 Å². The molecule has 0 aromatic heterocycles. The summed E-state index contributed by atoms with van der Waals surface area (Å²) in [4.78, 5) is 12.7. The van der Waals surface area contributed by atoms with Crippen LogP contribution in [0.2, 0.25) is 0 Å². The molecule has 1 unspecified atom stereocenters. The fourth-order valence-corrected chi connectivity index (χ4v) is 7.33. The summed E-state index contributed by atoms with van der Waals surface area (Å²) in [6, 6.07) is 44.4. The van der Waals surface area contributed by atoms with Crippen LogP contribution in [0.5, 0.6) is 0 Å². The highest BCUT2D eigenvalue weighted by Gasteiger charge is 2.44. The molecule has 0 bridgehead atoms. The van der Waals surface area contributed by atoms with Gasteiger partial charge >= 0.3 is 0 Å². The van der Waals surface area contributed by atoms with Gasteiger partial charge in [-0.25, -0.2) is 0 Å². The third-order valence-corrected chi connectivity index (χ3v) is 9.42. The molecule has 0 N–H and O–H groups in total. The number of rotatable bonds is 8. The second-order valence-corrected chi connectivity index (χ2v) is 12.1. The molecule has 2 aliphatic heterocycles. The van der Waals surface area contributed by atoms with E-state index in [1.807, 2.05) is 0 Å². The third-order valence-electron chi connectivity index (χ3n) is 9.42. The van der Waals surface area contributed by atoms with Gasteiger partial charge in [-0.1, -0.05) is 141 Å². The summed E-state index contributed by atoms with van der Waals surface area (Å²) in [7, 11) is 6.64. The molecule has 43 heavy (non-hydrogen) atoms. The first-order valence-electron chi connectivity index (χ1n) is 15.8. The minimum absolute atomic E-state index is 0.153. The third kappa shape index (κ3) is 5.71. The predicted molar refractivity (Wildman–Crippen MR) is 179 cm³/mol. The zero-order valence-electron chi connectivity index (χ0n) is 25.9. The van der Waals surface area contributed by atoms with E-state index in [0.717, 1.165) is 18.2 Å². The van der Waals surface area contributed by atoms with Gasteiger partial charge in [0.2, 0.25) is 5.96 Å². The quantitative estimate of drug-likeness (QED) is 0.212. The molecule has 220 valence electrons. The van der Waals surface area contributed by atoms with E-state index in [4.69, 9.17) is 4.99 Å². The molecule has 0 aliphatic carbocycles. The Labute approximate surface area is 258 Å². The van der Waals surface area contributed by atoms with Gasteiger partial charge in [-0.05, 0) is 40.7 Å². The highest BCUT2D eigenvalue weighted by molar-refractivity contribution is 5.84. The molecule has 0 amide bonds. The first kappa shape index (κ1) is 28.8. The fraction of sp³-hybridized carbons (Fsp3) is 0.308. The van der Waals surface area contributed by atoms with Crippen molar-refractivity contribution in [2.24, 2.45) is 10.9 Å². The molecular weight excluding hydrogens is 524 g/mol. The Bertz CT molecular complexity index is 1460. The Morgan fingerprint density at radius 3 is 1.40 bits per heavy atom. The highest BCUT2D eigenvalue weighted by atomic mass is 15.5. The fourth-order valence-electron chi connectivity index (χ4n) is 7.33. The first-order chi connectivity index (χ1) is 21.1. The van der Waals surface area contributed by atoms with Gasteiger partial charge in [0, 0.05) is 27.1 Å². The molecule has 4 aromatic carbocycles. The van der Waals surface area contributed by atoms with Crippen LogP contribution in [0, 0.1) is 5.92 Å². The summed E-state index contributed by atoms with van der Waals surface area (Å²) in [5.41, 5.74) is 5.34. The van der Waals surface area contributed by atoms with Gasteiger partial charge in [0.1, 0.15) is 5.82 Å². The van der Waals surface area contributed by atoms with Crippen molar-refractivity contribution in [3.63, 3.8) is 0 Å². The van der Waals surface area contributed by atoms with E-state index in [9.17, 15) is 0 Å². The molecule has 4 heteroatoms. The van der Waals surface area contributed by atoms with Crippen LogP contribution in [0.3, 0.4) is 0 Å². The van der Waals surface area contributed by atoms with Crippen molar-refractivity contribution in [3.05, 3.63) is 155 Å². The maximum atomic E-state index is 5.55. The number of hydrogen-bond acceptors (Lipinski definition) is 2. The smallest absolute Gasteiger partial charge is 0.203 e. The standard InChI is InChI=1S/C39H44N4/c1-5-6-19-33-28-34(41(2)36(30-22-13-8-14-23-30)35(33)29-20-11-7-12-21-29)40-39-42(3)37(31-24-15-9-16-25-31)38(43(39)4)32-26-17-10-18-27-32/h7-18,20-28,33,35-38H,5-6,19H2,1-4H3/t33?,35-,36+,37+,38+/m1/s1. The van der Waals surface area contributed by atoms with E-state index in [1.54, 1.807) is 0 Å². The summed E-state index contributed by atoms with van der Waals surface area (Å²) in [5.74, 6) is 2.78. The Kier molecular flexibility index (Phi) is 8.64. The molecule has 0 saturated carbocycles. The predicted octanol–water partition coefficient (Wildman–Crippen LogP) is 8.82. The minimum atomic E-state index is 0.153. The van der Waals surface area contributed by atoms with E-state index in [0.29, 0.717) is 11.8 Å². The largest absolute Gasteiger partial charge is 0.352 e. The van der Waals surface area contributed by atoms with Crippen molar-refractivity contribution in [2.75, 3.05) is 21.1 Å². The van der Waals surface area contributed by atoms with Crippen molar-refractivity contribution in [2.45, 2.75) is 50.2 Å². The average molecular weight is 569 g/mol. The molecule has 0 radical (unpaired) electrons. The molecule has 6 rings (SSSR count). The van der Waals surface area contributed by atoms with Crippen molar-refractivity contribution in [1.82, 2.24) is 14.7 Å². The number of aliphatic imine (C=N–C) groups is 1. The first-order valence-corrected chi connectivity index (χ1v) is 15.8. The number of allylic oxidation sites excluding steroid dienone is 1. The SMILES string of the molecule is CCCCC1C=C(N=C2N(C)[C@@H](c3ccccc3)[C@H](c3ccccc3)N2C)N(C)[C@@H](c2ccccc2)[C@@H]1c1ccccc1. The lowest BCUT2D eigenvalue weighted by Gasteiger charge is -2.44. The highest BCUT2D eigenvalue weighted by Crippen LogP contribution is 2.49. The van der Waals surface area contributed by atoms with Crippen molar-refractivity contribution >= 4 is 5.96 Å². The Balaban J connectivity index is 1.47. The number of nitrogens with zero attached hydrogens (tertiary/aromatic N) is 4. The van der Waals surface area contributed by atoms with Crippen LogP contribution < -0.4 is 0 Å². The van der Waals surface area contributed by atoms with Gasteiger partial charge < -0.3 is 14.7 Å². The van der Waals surface area contributed by atoms with Gasteiger partial charge in [0.25, 0.3) is 0 Å². The van der Waals surface area contributed by atoms with E-state index in [-0.39, 0.29) is 18.1 Å². The Morgan fingerprint density at radius 1 is 0.535 bits per heavy atom. The molecule has 0 spiro atoms. The number of likely N-dealkylation sites (N-methyl/N-ethyl adjacent to an activating group) is 3. The lowest BCUT2D eigenvalue weighted by atomic mass is 9.73. The van der Waals surface area contributed by atoms with Gasteiger partial charge in [-0.15, -0.1) is 0 Å². The molecule has 1 saturated heterocycles. The van der Waals surface area contributed by atoms with Gasteiger partial charge in [-0.2, -0.15) is 4.99 Å². The van der Waals surface area contributed by atoms with E-state index in [1.165, 1.54) is 35.1 Å². The van der Waals surface area contributed by atoms with Crippen LogP contribution in [0.1, 0.15) is 72.5 Å². The van der Waals surface area contributed by atoms with Gasteiger partial charge in [0.15, 0.2) is 0 Å². The van der Waals surface area contributed by atoms with Crippen LogP contribution in [-0.2, 0) is 0 Å². The molecule has 1 fully saturated rings. The lowest BCUT2D eigenvalue weighted by molar-refractivity contribution is 0.199. The van der Waals surface area contributed by atoms with Crippen molar-refractivity contribution < 1.29 is 0 Å². The molecule has 2 heterocycles. The van der Waals surface area contributed by atoms with E-state index < -0.39 is 0 Å². The summed E-state index contributed by atoms with van der Waals surface area (Å²) in [5, 5.41) is 0. The summed E-state index contributed by atoms with van der Waals surface area (Å²) < 4.78 is 0. The Morgan fingerprint density at radius 2 is 0.953 bits per heavy atom. The zero-order valence-corrected chi connectivity index (χ0v) is 25.9. The van der Waals surface area contributed by atoms with Gasteiger partial charge in [-0.3, -0.25) is 0 Å². The number of guanidine groups is 1. The molecule has 4 aromatic rings. The Hall–Kier alpha value is -4.31. The summed E-state index contributed by atoms with van der Waals surface area (Å²) in [6.07, 6.45) is 6.00. The number of hydrogen-bond donors (Lipinski definition) is 0. The summed E-state index contributed by atoms with van der Waals surface area (Å²) >= 11 is 0. The van der Waals surface area contributed by atoms with Gasteiger partial charge in [0.05, 0.1) is 18.1 Å². The molecular formula is C39H44N4. The van der Waals surface area contributed by atoms with Crippen LogP contribution in [0.15, 0.2) is 138 Å². The van der Waals surface area contributed by atoms with Crippen LogP contribution in [0.4, 0.5) is 0 Å². The van der Waals surface area contributed by atoms with E-state index >= 15 is 0 Å². The van der Waals surface area contributed by atoms with Crippen LogP contribution in [0.25, 0.3) is 0 Å². The maximum absolute atomic E-state index is 5.55. The van der Waals surface area contributed by atoms with E-state index in [2.05, 4.69) is 170 Å². The molecule has 4 nitrogen and oxygen atoms in total. The second kappa shape index (κ2) is 12.9. The summed E-state index contributed by atoms with van der Waals surface area (Å²) in [6.45, 7) is 2.29.